The minimum atomic E-state index is 0.407. The smallest absolute Gasteiger partial charge is 0.119 e. The molecule has 2 nitrogen and oxygen atoms in total. The Morgan fingerprint density at radius 2 is 1.74 bits per heavy atom. The summed E-state index contributed by atoms with van der Waals surface area (Å²) in [5.74, 6) is 1.33. The Kier molecular flexibility index (Phi) is 3.03. The first-order valence-electron chi connectivity index (χ1n) is 6.73. The Balaban J connectivity index is 2.19. The average molecular weight is 253 g/mol. The molecule has 19 heavy (non-hydrogen) atoms. The summed E-state index contributed by atoms with van der Waals surface area (Å²) in [6, 6.07) is 13.1. The zero-order valence-electron chi connectivity index (χ0n) is 11.4. The number of nitrogens with two attached hydrogens (primary N) is 1. The molecule has 2 aromatic rings. The molecular weight excluding hydrogens is 234 g/mol. The van der Waals surface area contributed by atoms with Gasteiger partial charge in [0.25, 0.3) is 0 Å². The topological polar surface area (TPSA) is 35.2 Å². The van der Waals surface area contributed by atoms with Crippen molar-refractivity contribution in [2.75, 3.05) is 13.7 Å². The van der Waals surface area contributed by atoms with Gasteiger partial charge in [0.05, 0.1) is 7.11 Å². The molecule has 0 aliphatic heterocycles. The molecule has 1 atom stereocenters. The van der Waals surface area contributed by atoms with Crippen LogP contribution in [0.1, 0.15) is 29.0 Å². The number of hydrogen-bond acceptors (Lipinski definition) is 2. The predicted molar refractivity (Wildman–Crippen MR) is 78.7 cm³/mol. The summed E-state index contributed by atoms with van der Waals surface area (Å²) >= 11 is 0. The van der Waals surface area contributed by atoms with Gasteiger partial charge in [0, 0.05) is 5.92 Å². The van der Waals surface area contributed by atoms with Crippen molar-refractivity contribution in [3.8, 4) is 16.9 Å². The summed E-state index contributed by atoms with van der Waals surface area (Å²) in [4.78, 5) is 0. The first-order chi connectivity index (χ1) is 9.24. The number of benzene rings is 2. The van der Waals surface area contributed by atoms with Gasteiger partial charge in [-0.15, -0.1) is 0 Å². The zero-order valence-corrected chi connectivity index (χ0v) is 11.4. The largest absolute Gasteiger partial charge is 0.497 e. The maximum absolute atomic E-state index is 5.80. The van der Waals surface area contributed by atoms with Crippen LogP contribution in [0.3, 0.4) is 0 Å². The summed E-state index contributed by atoms with van der Waals surface area (Å²) in [6.45, 7) is 2.85. The van der Waals surface area contributed by atoms with Crippen molar-refractivity contribution in [3.05, 3.63) is 53.1 Å². The van der Waals surface area contributed by atoms with Gasteiger partial charge in [-0.3, -0.25) is 0 Å². The fraction of sp³-hybridized carbons (Fsp3) is 0.294. The van der Waals surface area contributed by atoms with Crippen molar-refractivity contribution in [1.29, 1.82) is 0 Å². The maximum atomic E-state index is 5.80. The molecule has 0 spiro atoms. The number of fused-ring (bicyclic) bond motifs is 3. The Labute approximate surface area is 114 Å². The molecule has 0 fully saturated rings. The van der Waals surface area contributed by atoms with Crippen LogP contribution < -0.4 is 10.5 Å². The third kappa shape index (κ3) is 1.92. The molecule has 1 unspecified atom stereocenters. The van der Waals surface area contributed by atoms with E-state index >= 15 is 0 Å². The highest BCUT2D eigenvalue weighted by Gasteiger charge is 2.28. The standard InChI is InChI=1S/C17H19NO/c1-11-3-5-13-14-6-4-12(19-2)10-17(14)15(7-8-18)16(13)9-11/h3-6,9-10,15H,7-8,18H2,1-2H3. The molecule has 0 heterocycles. The van der Waals surface area contributed by atoms with Crippen molar-refractivity contribution in [2.45, 2.75) is 19.3 Å². The minimum absolute atomic E-state index is 0.407. The third-order valence-electron chi connectivity index (χ3n) is 3.96. The summed E-state index contributed by atoms with van der Waals surface area (Å²) in [5.41, 5.74) is 12.5. The zero-order chi connectivity index (χ0) is 13.4. The number of methoxy groups -OCH3 is 1. The first kappa shape index (κ1) is 12.2. The van der Waals surface area contributed by atoms with Crippen molar-refractivity contribution >= 4 is 0 Å². The Morgan fingerprint density at radius 3 is 2.42 bits per heavy atom. The van der Waals surface area contributed by atoms with Gasteiger partial charge in [-0.2, -0.15) is 0 Å². The van der Waals surface area contributed by atoms with E-state index in [0.29, 0.717) is 12.5 Å². The predicted octanol–water partition coefficient (Wildman–Crippen LogP) is 3.46. The SMILES string of the molecule is COc1ccc2c(c1)C(CCN)c1cc(C)ccc1-2. The lowest BCUT2D eigenvalue weighted by atomic mass is 9.93. The number of aryl methyl sites for hydroxylation is 1. The Hall–Kier alpha value is -1.80. The third-order valence-corrected chi connectivity index (χ3v) is 3.96. The van der Waals surface area contributed by atoms with Crippen LogP contribution >= 0.6 is 0 Å². The average Bonchev–Trinajstić information content (AvgIpc) is 2.72. The van der Waals surface area contributed by atoms with Gasteiger partial charge in [0.15, 0.2) is 0 Å². The van der Waals surface area contributed by atoms with Crippen LogP contribution in [-0.2, 0) is 0 Å². The lowest BCUT2D eigenvalue weighted by Crippen LogP contribution is -2.06. The van der Waals surface area contributed by atoms with Crippen LogP contribution in [0.4, 0.5) is 0 Å². The molecular formula is C17H19NO. The summed E-state index contributed by atoms with van der Waals surface area (Å²) in [6.07, 6.45) is 0.983. The summed E-state index contributed by atoms with van der Waals surface area (Å²) < 4.78 is 5.36. The van der Waals surface area contributed by atoms with Gasteiger partial charge < -0.3 is 10.5 Å². The van der Waals surface area contributed by atoms with E-state index < -0.39 is 0 Å². The van der Waals surface area contributed by atoms with Gasteiger partial charge in [0.2, 0.25) is 0 Å². The van der Waals surface area contributed by atoms with Crippen molar-refractivity contribution in [1.82, 2.24) is 0 Å². The quantitative estimate of drug-likeness (QED) is 0.909. The van der Waals surface area contributed by atoms with E-state index in [1.165, 1.54) is 27.8 Å². The Morgan fingerprint density at radius 1 is 1.05 bits per heavy atom. The molecule has 2 aromatic carbocycles. The lowest BCUT2D eigenvalue weighted by Gasteiger charge is -2.13. The Bertz CT molecular complexity index is 619. The van der Waals surface area contributed by atoms with Crippen molar-refractivity contribution in [2.24, 2.45) is 5.73 Å². The molecule has 98 valence electrons. The van der Waals surface area contributed by atoms with Gasteiger partial charge in [-0.05, 0) is 54.3 Å². The second-order valence-electron chi connectivity index (χ2n) is 5.17. The van der Waals surface area contributed by atoms with Crippen LogP contribution in [-0.4, -0.2) is 13.7 Å². The van der Waals surface area contributed by atoms with Crippen molar-refractivity contribution < 1.29 is 4.74 Å². The highest BCUT2D eigenvalue weighted by Crippen LogP contribution is 2.47. The van der Waals surface area contributed by atoms with E-state index in [9.17, 15) is 0 Å². The molecule has 0 saturated carbocycles. The molecule has 0 aromatic heterocycles. The second kappa shape index (κ2) is 4.71. The van der Waals surface area contributed by atoms with Crippen LogP contribution in [0.25, 0.3) is 11.1 Å². The second-order valence-corrected chi connectivity index (χ2v) is 5.17. The molecule has 1 aliphatic rings. The van der Waals surface area contributed by atoms with E-state index in [1.807, 2.05) is 6.07 Å². The van der Waals surface area contributed by atoms with Crippen LogP contribution in [0.15, 0.2) is 36.4 Å². The summed E-state index contributed by atoms with van der Waals surface area (Å²) in [5, 5.41) is 0. The molecule has 0 saturated heterocycles. The van der Waals surface area contributed by atoms with Gasteiger partial charge in [-0.25, -0.2) is 0 Å². The number of hydrogen-bond donors (Lipinski definition) is 1. The van der Waals surface area contributed by atoms with Gasteiger partial charge >= 0.3 is 0 Å². The highest BCUT2D eigenvalue weighted by atomic mass is 16.5. The fourth-order valence-corrected chi connectivity index (χ4v) is 3.06. The van der Waals surface area contributed by atoms with E-state index in [4.69, 9.17) is 10.5 Å². The minimum Gasteiger partial charge on any atom is -0.497 e. The molecule has 0 amide bonds. The monoisotopic (exact) mass is 253 g/mol. The van der Waals surface area contributed by atoms with E-state index in [-0.39, 0.29) is 0 Å². The van der Waals surface area contributed by atoms with Crippen LogP contribution in [0.5, 0.6) is 5.75 Å². The van der Waals surface area contributed by atoms with Gasteiger partial charge in [-0.1, -0.05) is 29.8 Å². The molecule has 0 radical (unpaired) electrons. The first-order valence-corrected chi connectivity index (χ1v) is 6.73. The van der Waals surface area contributed by atoms with Crippen molar-refractivity contribution in [3.63, 3.8) is 0 Å². The van der Waals surface area contributed by atoms with E-state index in [0.717, 1.165) is 12.2 Å². The lowest BCUT2D eigenvalue weighted by molar-refractivity contribution is 0.414. The number of ether oxygens (including phenoxy) is 1. The van der Waals surface area contributed by atoms with Crippen LogP contribution in [0, 0.1) is 6.92 Å². The number of rotatable bonds is 3. The van der Waals surface area contributed by atoms with Crippen LogP contribution in [0.2, 0.25) is 0 Å². The van der Waals surface area contributed by atoms with E-state index in [2.05, 4.69) is 37.3 Å². The van der Waals surface area contributed by atoms with Gasteiger partial charge in [0.1, 0.15) is 5.75 Å². The molecule has 2 heteroatoms. The molecule has 3 rings (SSSR count). The highest BCUT2D eigenvalue weighted by molar-refractivity contribution is 5.79. The summed E-state index contributed by atoms with van der Waals surface area (Å²) in [7, 11) is 1.71. The molecule has 0 bridgehead atoms. The normalized spacial score (nSPS) is 16.1. The molecule has 1 aliphatic carbocycles. The molecule has 2 N–H and O–H groups in total. The fourth-order valence-electron chi connectivity index (χ4n) is 3.06. The maximum Gasteiger partial charge on any atom is 0.119 e. The van der Waals surface area contributed by atoms with E-state index in [1.54, 1.807) is 7.11 Å².